The van der Waals surface area contributed by atoms with E-state index in [4.69, 9.17) is 11.6 Å². The van der Waals surface area contributed by atoms with E-state index in [1.54, 1.807) is 0 Å². The van der Waals surface area contributed by atoms with Gasteiger partial charge in [0, 0.05) is 9.75 Å². The fraction of sp³-hybridized carbons (Fsp3) is 0.765. The van der Waals surface area contributed by atoms with Crippen LogP contribution in [-0.4, -0.2) is 0 Å². The summed E-state index contributed by atoms with van der Waals surface area (Å²) >= 11 is 8.64. The van der Waals surface area contributed by atoms with Gasteiger partial charge in [-0.3, -0.25) is 0 Å². The third kappa shape index (κ3) is 4.23. The second-order valence-corrected chi connectivity index (χ2v) is 7.65. The molecule has 2 rings (SSSR count). The quantitative estimate of drug-likeness (QED) is 0.520. The molecule has 1 saturated carbocycles. The van der Waals surface area contributed by atoms with Crippen molar-refractivity contribution in [3.05, 3.63) is 21.9 Å². The number of hydrogen-bond donors (Lipinski definition) is 0. The van der Waals surface area contributed by atoms with Gasteiger partial charge in [-0.25, -0.2) is 0 Å². The molecule has 2 heteroatoms. The zero-order valence-corrected chi connectivity index (χ0v) is 13.9. The van der Waals surface area contributed by atoms with Gasteiger partial charge in [0.25, 0.3) is 0 Å². The normalized spacial score (nSPS) is 25.4. The van der Waals surface area contributed by atoms with Gasteiger partial charge >= 0.3 is 0 Å². The van der Waals surface area contributed by atoms with Crippen molar-refractivity contribution in [2.24, 2.45) is 11.8 Å². The Morgan fingerprint density at radius 2 is 1.95 bits per heavy atom. The highest BCUT2D eigenvalue weighted by Gasteiger charge is 2.27. The molecule has 0 aliphatic heterocycles. The highest BCUT2D eigenvalue weighted by atomic mass is 35.5. The van der Waals surface area contributed by atoms with Gasteiger partial charge in [0.05, 0.1) is 5.38 Å². The third-order valence-corrected chi connectivity index (χ3v) is 6.61. The maximum Gasteiger partial charge on any atom is 0.0706 e. The zero-order chi connectivity index (χ0) is 13.7. The van der Waals surface area contributed by atoms with Crippen molar-refractivity contribution in [2.45, 2.75) is 70.6 Å². The molecule has 1 unspecified atom stereocenters. The number of thiophene rings is 1. The van der Waals surface area contributed by atoms with Crippen LogP contribution in [0.4, 0.5) is 0 Å². The number of alkyl halides is 1. The maximum absolute atomic E-state index is 6.72. The van der Waals surface area contributed by atoms with Crippen LogP contribution in [0.1, 0.15) is 73.9 Å². The lowest BCUT2D eigenvalue weighted by atomic mass is 9.78. The topological polar surface area (TPSA) is 0 Å². The van der Waals surface area contributed by atoms with Gasteiger partial charge in [-0.15, -0.1) is 22.9 Å². The van der Waals surface area contributed by atoms with Crippen molar-refractivity contribution >= 4 is 22.9 Å². The molecule has 0 bridgehead atoms. The van der Waals surface area contributed by atoms with Crippen molar-refractivity contribution in [2.75, 3.05) is 0 Å². The summed E-state index contributed by atoms with van der Waals surface area (Å²) in [5, 5.41) is 0.262. The lowest BCUT2D eigenvalue weighted by molar-refractivity contribution is 0.255. The number of halogens is 1. The van der Waals surface area contributed by atoms with E-state index >= 15 is 0 Å². The summed E-state index contributed by atoms with van der Waals surface area (Å²) in [6.45, 7) is 4.51. The molecule has 1 aromatic heterocycles. The molecule has 1 aliphatic rings. The van der Waals surface area contributed by atoms with Crippen molar-refractivity contribution in [3.63, 3.8) is 0 Å². The van der Waals surface area contributed by atoms with Gasteiger partial charge in [-0.1, -0.05) is 46.0 Å². The molecule has 1 atom stereocenters. The number of hydrogen-bond acceptors (Lipinski definition) is 1. The fourth-order valence-electron chi connectivity index (χ4n) is 3.23. The van der Waals surface area contributed by atoms with E-state index in [2.05, 4.69) is 26.0 Å². The highest BCUT2D eigenvalue weighted by molar-refractivity contribution is 7.12. The molecule has 1 aromatic rings. The average Bonchev–Trinajstić information content (AvgIpc) is 2.94. The Labute approximate surface area is 127 Å². The predicted octanol–water partition coefficient (Wildman–Crippen LogP) is 6.59. The SMILES string of the molecule is CCCCC1CCC(C(Cl)c2ccc(CC)s2)CC1. The largest absolute Gasteiger partial charge is 0.144 e. The van der Waals surface area contributed by atoms with Crippen molar-refractivity contribution in [1.29, 1.82) is 0 Å². The van der Waals surface area contributed by atoms with Crippen LogP contribution in [0.15, 0.2) is 12.1 Å². The summed E-state index contributed by atoms with van der Waals surface area (Å²) in [5.74, 6) is 1.69. The smallest absolute Gasteiger partial charge is 0.0706 e. The molecular weight excluding hydrogens is 272 g/mol. The first-order valence-corrected chi connectivity index (χ1v) is 9.22. The molecule has 108 valence electrons. The van der Waals surface area contributed by atoms with Gasteiger partial charge in [0.15, 0.2) is 0 Å². The molecule has 0 N–H and O–H groups in total. The van der Waals surface area contributed by atoms with E-state index in [1.807, 2.05) is 11.3 Å². The van der Waals surface area contributed by atoms with Crippen LogP contribution in [0.3, 0.4) is 0 Å². The fourth-order valence-corrected chi connectivity index (χ4v) is 4.71. The van der Waals surface area contributed by atoms with Crippen LogP contribution in [0.5, 0.6) is 0 Å². The Morgan fingerprint density at radius 3 is 2.53 bits per heavy atom. The van der Waals surface area contributed by atoms with Crippen molar-refractivity contribution in [1.82, 2.24) is 0 Å². The Morgan fingerprint density at radius 1 is 1.21 bits per heavy atom. The monoisotopic (exact) mass is 298 g/mol. The lowest BCUT2D eigenvalue weighted by Gasteiger charge is -2.31. The minimum Gasteiger partial charge on any atom is -0.144 e. The minimum absolute atomic E-state index is 0.262. The highest BCUT2D eigenvalue weighted by Crippen LogP contribution is 2.43. The summed E-state index contributed by atoms with van der Waals surface area (Å²) in [6, 6.07) is 4.51. The van der Waals surface area contributed by atoms with E-state index in [0.29, 0.717) is 5.92 Å². The Balaban J connectivity index is 1.83. The molecule has 0 radical (unpaired) electrons. The summed E-state index contributed by atoms with van der Waals surface area (Å²) in [6.07, 6.45) is 10.8. The van der Waals surface area contributed by atoms with Crippen molar-refractivity contribution < 1.29 is 0 Å². The van der Waals surface area contributed by atoms with Crippen LogP contribution >= 0.6 is 22.9 Å². The molecule has 0 saturated heterocycles. The van der Waals surface area contributed by atoms with Crippen molar-refractivity contribution in [3.8, 4) is 0 Å². The summed E-state index contributed by atoms with van der Waals surface area (Å²) in [5.41, 5.74) is 0. The maximum atomic E-state index is 6.72. The van der Waals surface area contributed by atoms with Crippen LogP contribution in [0, 0.1) is 11.8 Å². The first-order chi connectivity index (χ1) is 9.24. The second kappa shape index (κ2) is 7.69. The van der Waals surface area contributed by atoms with Gasteiger partial charge in [-0.2, -0.15) is 0 Å². The molecule has 0 spiro atoms. The van der Waals surface area contributed by atoms with E-state index in [9.17, 15) is 0 Å². The Kier molecular flexibility index (Phi) is 6.22. The standard InChI is InChI=1S/C17H27ClS/c1-3-5-6-13-7-9-14(10-8-13)17(18)16-12-11-15(4-2)19-16/h11-14,17H,3-10H2,1-2H3. The number of unbranched alkanes of at least 4 members (excludes halogenated alkanes) is 1. The molecule has 19 heavy (non-hydrogen) atoms. The molecule has 0 aromatic carbocycles. The zero-order valence-electron chi connectivity index (χ0n) is 12.3. The van der Waals surface area contributed by atoms with Crippen LogP contribution in [0.2, 0.25) is 0 Å². The second-order valence-electron chi connectivity index (χ2n) is 5.98. The molecular formula is C17H27ClS. The predicted molar refractivity (Wildman–Crippen MR) is 87.3 cm³/mol. The first kappa shape index (κ1) is 15.4. The molecule has 0 amide bonds. The van der Waals surface area contributed by atoms with Crippen LogP contribution in [0.25, 0.3) is 0 Å². The number of aryl methyl sites for hydroxylation is 1. The van der Waals surface area contributed by atoms with Crippen LogP contribution in [-0.2, 0) is 6.42 Å². The van der Waals surface area contributed by atoms with E-state index in [0.717, 1.165) is 12.3 Å². The molecule has 1 aliphatic carbocycles. The van der Waals surface area contributed by atoms with Crippen LogP contribution < -0.4 is 0 Å². The summed E-state index contributed by atoms with van der Waals surface area (Å²) in [4.78, 5) is 2.87. The van der Waals surface area contributed by atoms with Gasteiger partial charge in [0.2, 0.25) is 0 Å². The first-order valence-electron chi connectivity index (χ1n) is 7.97. The minimum atomic E-state index is 0.262. The summed E-state index contributed by atoms with van der Waals surface area (Å²) in [7, 11) is 0. The van der Waals surface area contributed by atoms with Gasteiger partial charge < -0.3 is 0 Å². The Hall–Kier alpha value is -0.0100. The molecule has 1 heterocycles. The third-order valence-electron chi connectivity index (χ3n) is 4.57. The average molecular weight is 299 g/mol. The summed E-state index contributed by atoms with van der Waals surface area (Å²) < 4.78 is 0. The van der Waals surface area contributed by atoms with E-state index in [1.165, 1.54) is 54.7 Å². The van der Waals surface area contributed by atoms with Gasteiger partial charge in [-0.05, 0) is 43.2 Å². The molecule has 1 fully saturated rings. The Bertz CT molecular complexity index is 363. The van der Waals surface area contributed by atoms with Gasteiger partial charge in [0.1, 0.15) is 0 Å². The van der Waals surface area contributed by atoms with E-state index < -0.39 is 0 Å². The lowest BCUT2D eigenvalue weighted by Crippen LogP contribution is -2.17. The molecule has 0 nitrogen and oxygen atoms in total. The van der Waals surface area contributed by atoms with E-state index in [-0.39, 0.29) is 5.38 Å². The number of rotatable bonds is 6.